The van der Waals surface area contributed by atoms with Gasteiger partial charge in [0.2, 0.25) is 11.1 Å². The van der Waals surface area contributed by atoms with Gasteiger partial charge < -0.3 is 4.90 Å². The van der Waals surface area contributed by atoms with Gasteiger partial charge in [-0.2, -0.15) is 0 Å². The zero-order valence-corrected chi connectivity index (χ0v) is 15.2. The minimum atomic E-state index is -0.323. The molecule has 24 heavy (non-hydrogen) atoms. The van der Waals surface area contributed by atoms with Crippen LogP contribution < -0.4 is 0 Å². The van der Waals surface area contributed by atoms with E-state index in [1.54, 1.807) is 4.68 Å². The van der Waals surface area contributed by atoms with Gasteiger partial charge in [-0.15, -0.1) is 5.10 Å². The molecule has 6 nitrogen and oxygen atoms in total. The van der Waals surface area contributed by atoms with E-state index in [1.165, 1.54) is 11.8 Å². The van der Waals surface area contributed by atoms with Gasteiger partial charge in [-0.3, -0.25) is 4.79 Å². The smallest absolute Gasteiger partial charge is 0.240 e. The van der Waals surface area contributed by atoms with Crippen LogP contribution in [0.1, 0.15) is 44.4 Å². The highest BCUT2D eigenvalue weighted by atomic mass is 32.2. The maximum absolute atomic E-state index is 13.1. The van der Waals surface area contributed by atoms with Crippen molar-refractivity contribution in [2.45, 2.75) is 49.6 Å². The van der Waals surface area contributed by atoms with E-state index in [-0.39, 0.29) is 16.7 Å². The standard InChI is InChI=1S/C17H23N5OS/c1-17(2,3)22-16(18-19-20-22)24-14(13-9-5-4-6-10-13)15(23)21-11-7-8-12-21/h4-6,9-10,14H,7-8,11-12H2,1-3H3/t14-/m0/s1. The Morgan fingerprint density at radius 2 is 1.83 bits per heavy atom. The van der Waals surface area contributed by atoms with Gasteiger partial charge in [-0.1, -0.05) is 42.1 Å². The molecule has 3 rings (SSSR count). The fraction of sp³-hybridized carbons (Fsp3) is 0.529. The van der Waals surface area contributed by atoms with Gasteiger partial charge in [0.15, 0.2) is 0 Å². The summed E-state index contributed by atoms with van der Waals surface area (Å²) in [6, 6.07) is 9.89. The molecule has 1 aromatic carbocycles. The van der Waals surface area contributed by atoms with Gasteiger partial charge >= 0.3 is 0 Å². The van der Waals surface area contributed by atoms with Gasteiger partial charge in [-0.25, -0.2) is 4.68 Å². The van der Waals surface area contributed by atoms with Crippen LogP contribution in [-0.2, 0) is 10.3 Å². The first kappa shape index (κ1) is 17.0. The lowest BCUT2D eigenvalue weighted by Crippen LogP contribution is -2.32. The number of likely N-dealkylation sites (tertiary alicyclic amines) is 1. The number of amides is 1. The second-order valence-corrected chi connectivity index (χ2v) is 8.06. The van der Waals surface area contributed by atoms with Crippen LogP contribution >= 0.6 is 11.8 Å². The molecule has 128 valence electrons. The first-order chi connectivity index (χ1) is 11.5. The molecule has 2 aromatic rings. The molecule has 1 fully saturated rings. The van der Waals surface area contributed by atoms with Crippen molar-refractivity contribution in [3.8, 4) is 0 Å². The molecule has 0 radical (unpaired) electrons. The fourth-order valence-electron chi connectivity index (χ4n) is 2.77. The zero-order chi connectivity index (χ0) is 17.2. The number of hydrogen-bond acceptors (Lipinski definition) is 5. The van der Waals surface area contributed by atoms with Crippen molar-refractivity contribution < 1.29 is 4.79 Å². The van der Waals surface area contributed by atoms with Gasteiger partial charge in [0.1, 0.15) is 5.25 Å². The van der Waals surface area contributed by atoms with E-state index in [1.807, 2.05) is 56.0 Å². The molecule has 0 aliphatic carbocycles. The summed E-state index contributed by atoms with van der Waals surface area (Å²) in [7, 11) is 0. The largest absolute Gasteiger partial charge is 0.341 e. The van der Waals surface area contributed by atoms with E-state index in [0.717, 1.165) is 31.5 Å². The lowest BCUT2D eigenvalue weighted by molar-refractivity contribution is -0.129. The number of carbonyl (C=O) groups is 1. The second-order valence-electron chi connectivity index (χ2n) is 6.99. The minimum absolute atomic E-state index is 0.146. The summed E-state index contributed by atoms with van der Waals surface area (Å²) >= 11 is 1.43. The molecule has 1 aliphatic heterocycles. The summed E-state index contributed by atoms with van der Waals surface area (Å²) < 4.78 is 1.78. The number of thioether (sulfide) groups is 1. The Morgan fingerprint density at radius 3 is 2.46 bits per heavy atom. The SMILES string of the molecule is CC(C)(C)n1nnnc1S[C@H](C(=O)N1CCCC1)c1ccccc1. The number of hydrogen-bond donors (Lipinski definition) is 0. The summed E-state index contributed by atoms with van der Waals surface area (Å²) in [5.74, 6) is 0.146. The first-order valence-electron chi connectivity index (χ1n) is 8.26. The minimum Gasteiger partial charge on any atom is -0.341 e. The van der Waals surface area contributed by atoms with Gasteiger partial charge in [0.25, 0.3) is 0 Å². The molecule has 1 aliphatic rings. The quantitative estimate of drug-likeness (QED) is 0.797. The van der Waals surface area contributed by atoms with Crippen molar-refractivity contribution in [2.24, 2.45) is 0 Å². The van der Waals surface area contributed by atoms with Gasteiger partial charge in [0, 0.05) is 13.1 Å². The summed E-state index contributed by atoms with van der Waals surface area (Å²) in [5.41, 5.74) is 0.756. The van der Waals surface area contributed by atoms with E-state index >= 15 is 0 Å². The van der Waals surface area contributed by atoms with Crippen molar-refractivity contribution >= 4 is 17.7 Å². The lowest BCUT2D eigenvalue weighted by Gasteiger charge is -2.24. The highest BCUT2D eigenvalue weighted by molar-refractivity contribution is 8.00. The maximum Gasteiger partial charge on any atom is 0.240 e. The molecular weight excluding hydrogens is 322 g/mol. The molecule has 7 heteroatoms. The van der Waals surface area contributed by atoms with E-state index < -0.39 is 0 Å². The van der Waals surface area contributed by atoms with Crippen molar-refractivity contribution in [3.05, 3.63) is 35.9 Å². The Bertz CT molecular complexity index is 689. The Balaban J connectivity index is 1.91. The molecule has 2 heterocycles. The molecule has 0 spiro atoms. The van der Waals surface area contributed by atoms with E-state index in [9.17, 15) is 4.79 Å². The number of tetrazole rings is 1. The molecule has 1 amide bonds. The Hall–Kier alpha value is -1.89. The summed E-state index contributed by atoms with van der Waals surface area (Å²) in [6.07, 6.45) is 2.16. The summed E-state index contributed by atoms with van der Waals surface area (Å²) in [5, 5.41) is 12.4. The summed E-state index contributed by atoms with van der Waals surface area (Å²) in [6.45, 7) is 7.83. The van der Waals surface area contributed by atoms with Crippen molar-refractivity contribution in [3.63, 3.8) is 0 Å². The van der Waals surface area contributed by atoms with Crippen LogP contribution in [-0.4, -0.2) is 44.1 Å². The van der Waals surface area contributed by atoms with Gasteiger partial charge in [-0.05, 0) is 49.6 Å². The molecule has 0 saturated carbocycles. The number of rotatable bonds is 4. The predicted octanol–water partition coefficient (Wildman–Crippen LogP) is 2.88. The van der Waals surface area contributed by atoms with Crippen LogP contribution in [0.2, 0.25) is 0 Å². The highest BCUT2D eigenvalue weighted by Crippen LogP contribution is 2.37. The van der Waals surface area contributed by atoms with Crippen molar-refractivity contribution in [1.82, 2.24) is 25.1 Å². The van der Waals surface area contributed by atoms with E-state index in [4.69, 9.17) is 0 Å². The van der Waals surface area contributed by atoms with Crippen molar-refractivity contribution in [2.75, 3.05) is 13.1 Å². The molecule has 1 aromatic heterocycles. The molecule has 0 unspecified atom stereocenters. The van der Waals surface area contributed by atoms with Crippen LogP contribution in [0.4, 0.5) is 0 Å². The predicted molar refractivity (Wildman–Crippen MR) is 93.7 cm³/mol. The Kier molecular flexibility index (Phi) is 4.89. The highest BCUT2D eigenvalue weighted by Gasteiger charge is 2.31. The van der Waals surface area contributed by atoms with E-state index in [2.05, 4.69) is 15.5 Å². The van der Waals surface area contributed by atoms with Crippen LogP contribution in [0.3, 0.4) is 0 Å². The average molecular weight is 345 g/mol. The lowest BCUT2D eigenvalue weighted by atomic mass is 10.1. The molecule has 0 bridgehead atoms. The Labute approximate surface area is 146 Å². The van der Waals surface area contributed by atoms with Crippen molar-refractivity contribution in [1.29, 1.82) is 0 Å². The van der Waals surface area contributed by atoms with Crippen LogP contribution in [0, 0.1) is 0 Å². The fourth-order valence-corrected chi connectivity index (χ4v) is 4.02. The molecule has 0 N–H and O–H groups in total. The molecule has 1 atom stereocenters. The van der Waals surface area contributed by atoms with Crippen LogP contribution in [0.15, 0.2) is 35.5 Å². The zero-order valence-electron chi connectivity index (χ0n) is 14.3. The molecule has 1 saturated heterocycles. The number of carbonyl (C=O) groups excluding carboxylic acids is 1. The van der Waals surface area contributed by atoms with Gasteiger partial charge in [0.05, 0.1) is 5.54 Å². The average Bonchev–Trinajstić information content (AvgIpc) is 3.23. The first-order valence-corrected chi connectivity index (χ1v) is 9.14. The third-order valence-corrected chi connectivity index (χ3v) is 5.22. The number of nitrogens with zero attached hydrogens (tertiary/aromatic N) is 5. The van der Waals surface area contributed by atoms with E-state index in [0.29, 0.717) is 5.16 Å². The third kappa shape index (κ3) is 3.61. The van der Waals surface area contributed by atoms with Crippen LogP contribution in [0.5, 0.6) is 0 Å². The molecular formula is C17H23N5OS. The number of benzene rings is 1. The maximum atomic E-state index is 13.1. The second kappa shape index (κ2) is 6.93. The normalized spacial score (nSPS) is 16.4. The number of aromatic nitrogens is 4. The summed E-state index contributed by atoms with van der Waals surface area (Å²) in [4.78, 5) is 15.0. The monoisotopic (exact) mass is 345 g/mol. The Morgan fingerprint density at radius 1 is 1.17 bits per heavy atom. The van der Waals surface area contributed by atoms with Crippen LogP contribution in [0.25, 0.3) is 0 Å². The third-order valence-electron chi connectivity index (χ3n) is 4.04. The topological polar surface area (TPSA) is 63.9 Å².